The molecule has 2 saturated carbocycles. The van der Waals surface area contributed by atoms with E-state index >= 15 is 0 Å². The summed E-state index contributed by atoms with van der Waals surface area (Å²) >= 11 is 2.42. The number of aromatic nitrogens is 2. The number of hydrogen-bond acceptors (Lipinski definition) is 5. The second kappa shape index (κ2) is 6.04. The molecule has 2 heterocycles. The van der Waals surface area contributed by atoms with E-state index in [4.69, 9.17) is 0 Å². The molecule has 2 aliphatic rings. The Balaban J connectivity index is 1.74. The molecule has 2 aliphatic carbocycles. The lowest BCUT2D eigenvalue weighted by molar-refractivity contribution is -0.141. The minimum absolute atomic E-state index is 0.0242. The van der Waals surface area contributed by atoms with Crippen molar-refractivity contribution in [3.05, 3.63) is 29.3 Å². The Labute approximate surface area is 163 Å². The third-order valence-corrected chi connectivity index (χ3v) is 8.74. The summed E-state index contributed by atoms with van der Waals surface area (Å²) in [5.74, 6) is 0.0833. The Kier molecular flexibility index (Phi) is 4.24. The highest BCUT2D eigenvalue weighted by Gasteiger charge is 2.66. The summed E-state index contributed by atoms with van der Waals surface area (Å²) in [6.07, 6.45) is -2.82. The second-order valence-electron chi connectivity index (χ2n) is 8.03. The fraction of sp³-hybridized carbons (Fsp3) is 0.526. The molecule has 0 radical (unpaired) electrons. The number of fused-ring (bicyclic) bond motifs is 2. The van der Waals surface area contributed by atoms with Crippen LogP contribution in [0.15, 0.2) is 28.7 Å². The van der Waals surface area contributed by atoms with Gasteiger partial charge in [0.25, 0.3) is 0 Å². The third-order valence-electron chi connectivity index (χ3n) is 6.47. The molecule has 2 fully saturated rings. The Bertz CT molecular complexity index is 895. The molecular weight excluding hydrogens is 393 g/mol. The Morgan fingerprint density at radius 1 is 1.26 bits per heavy atom. The van der Waals surface area contributed by atoms with Crippen molar-refractivity contribution in [1.82, 2.24) is 9.97 Å². The van der Waals surface area contributed by atoms with Crippen molar-refractivity contribution in [3.63, 3.8) is 0 Å². The smallest absolute Gasteiger partial charge is 0.298 e. The van der Waals surface area contributed by atoms with Crippen LogP contribution in [0, 0.1) is 16.7 Å². The summed E-state index contributed by atoms with van der Waals surface area (Å²) in [4.78, 5) is 21.7. The van der Waals surface area contributed by atoms with Gasteiger partial charge in [0, 0.05) is 5.92 Å². The zero-order valence-electron chi connectivity index (χ0n) is 15.1. The van der Waals surface area contributed by atoms with Gasteiger partial charge in [-0.1, -0.05) is 38.6 Å². The first-order valence-corrected chi connectivity index (χ1v) is 10.5. The lowest BCUT2D eigenvalue weighted by Gasteiger charge is -2.37. The number of carbonyl (C=O) groups excluding carboxylic acids is 1. The fourth-order valence-electron chi connectivity index (χ4n) is 4.46. The highest BCUT2D eigenvalue weighted by molar-refractivity contribution is 8.00. The van der Waals surface area contributed by atoms with E-state index in [0.29, 0.717) is 4.88 Å². The van der Waals surface area contributed by atoms with Crippen molar-refractivity contribution < 1.29 is 18.0 Å². The van der Waals surface area contributed by atoms with Crippen molar-refractivity contribution >= 4 is 28.9 Å². The lowest BCUT2D eigenvalue weighted by atomic mass is 9.71. The summed E-state index contributed by atoms with van der Waals surface area (Å²) in [6.45, 7) is 6.25. The van der Waals surface area contributed by atoms with Crippen LogP contribution in [0.25, 0.3) is 10.6 Å². The molecule has 0 aliphatic heterocycles. The van der Waals surface area contributed by atoms with Gasteiger partial charge in [0.2, 0.25) is 0 Å². The highest BCUT2D eigenvalue weighted by atomic mass is 32.2. The van der Waals surface area contributed by atoms with Gasteiger partial charge in [-0.2, -0.15) is 13.2 Å². The summed E-state index contributed by atoms with van der Waals surface area (Å²) in [5, 5.41) is 1.41. The van der Waals surface area contributed by atoms with E-state index in [1.165, 1.54) is 11.3 Å². The summed E-state index contributed by atoms with van der Waals surface area (Å²) in [5.41, 5.74) is -1.15. The molecule has 3 atom stereocenters. The zero-order valence-corrected chi connectivity index (χ0v) is 16.8. The van der Waals surface area contributed by atoms with Gasteiger partial charge in [-0.3, -0.25) is 4.79 Å². The van der Waals surface area contributed by atoms with Gasteiger partial charge >= 0.3 is 6.18 Å². The first-order chi connectivity index (χ1) is 12.5. The number of halogens is 3. The zero-order chi connectivity index (χ0) is 19.6. The molecule has 0 amide bonds. The quantitative estimate of drug-likeness (QED) is 0.606. The third kappa shape index (κ3) is 2.83. The van der Waals surface area contributed by atoms with Crippen LogP contribution in [0.4, 0.5) is 13.2 Å². The van der Waals surface area contributed by atoms with Crippen molar-refractivity contribution in [2.45, 2.75) is 50.2 Å². The van der Waals surface area contributed by atoms with E-state index in [1.807, 2.05) is 0 Å². The largest absolute Gasteiger partial charge is 0.433 e. The van der Waals surface area contributed by atoms with Gasteiger partial charge in [0.05, 0.1) is 15.8 Å². The highest BCUT2D eigenvalue weighted by Crippen LogP contribution is 2.67. The number of ketones is 1. The van der Waals surface area contributed by atoms with Gasteiger partial charge < -0.3 is 0 Å². The first-order valence-electron chi connectivity index (χ1n) is 8.74. The topological polar surface area (TPSA) is 42.9 Å². The van der Waals surface area contributed by atoms with Crippen LogP contribution in [0.1, 0.15) is 39.3 Å². The molecular formula is C19H19F3N2OS2. The van der Waals surface area contributed by atoms with E-state index in [2.05, 4.69) is 30.7 Å². The molecule has 144 valence electrons. The molecule has 4 rings (SSSR count). The van der Waals surface area contributed by atoms with Crippen molar-refractivity contribution in [2.24, 2.45) is 16.7 Å². The van der Waals surface area contributed by atoms with E-state index < -0.39 is 17.1 Å². The van der Waals surface area contributed by atoms with Crippen LogP contribution in [0.2, 0.25) is 0 Å². The SMILES string of the molecule is CC1(C)[C@@H]2CC[C@]1(C)[C@H](Sc1nc(-c3cccs3)cc(C(F)(F)F)n1)C2=O. The van der Waals surface area contributed by atoms with E-state index in [1.54, 1.807) is 17.5 Å². The Morgan fingerprint density at radius 3 is 2.56 bits per heavy atom. The number of alkyl halides is 3. The standard InChI is InChI=1S/C19H19F3N2OS2/c1-17(2)10-6-7-18(17,3)15(14(10)25)27-16-23-11(12-5-4-8-26-12)9-13(24-16)19(20,21)22/h4-5,8-10,15H,6-7H2,1-3H3/t10-,15-,18-/m1/s1. The monoisotopic (exact) mass is 412 g/mol. The molecule has 2 bridgehead atoms. The molecule has 2 aromatic rings. The van der Waals surface area contributed by atoms with E-state index in [9.17, 15) is 18.0 Å². The van der Waals surface area contributed by atoms with Gasteiger partial charge in [0.1, 0.15) is 11.5 Å². The minimum atomic E-state index is -4.56. The van der Waals surface area contributed by atoms with Crippen LogP contribution in [0.5, 0.6) is 0 Å². The number of nitrogens with zero attached hydrogens (tertiary/aromatic N) is 2. The predicted octanol–water partition coefficient (Wildman–Crippen LogP) is 5.71. The number of hydrogen-bond donors (Lipinski definition) is 0. The van der Waals surface area contributed by atoms with Crippen LogP contribution in [-0.4, -0.2) is 21.0 Å². The first kappa shape index (κ1) is 18.9. The summed E-state index contributed by atoms with van der Waals surface area (Å²) in [6, 6.07) is 4.48. The van der Waals surface area contributed by atoms with Crippen molar-refractivity contribution in [3.8, 4) is 10.6 Å². The number of thioether (sulfide) groups is 1. The fourth-order valence-corrected chi connectivity index (χ4v) is 6.62. The maximum Gasteiger partial charge on any atom is 0.433 e. The maximum absolute atomic E-state index is 13.4. The predicted molar refractivity (Wildman–Crippen MR) is 99.6 cm³/mol. The Hall–Kier alpha value is -1.41. The number of Topliss-reactive ketones (excluding diaryl/α,β-unsaturated/α-hetero) is 1. The molecule has 8 heteroatoms. The van der Waals surface area contributed by atoms with Crippen LogP contribution in [0.3, 0.4) is 0 Å². The van der Waals surface area contributed by atoms with Gasteiger partial charge in [-0.05, 0) is 41.2 Å². The molecule has 2 aromatic heterocycles. The van der Waals surface area contributed by atoms with E-state index in [-0.39, 0.29) is 33.4 Å². The number of rotatable bonds is 3. The normalized spacial score (nSPS) is 29.5. The van der Waals surface area contributed by atoms with Crippen LogP contribution >= 0.6 is 23.1 Å². The average Bonchev–Trinajstić information content (AvgIpc) is 3.21. The molecule has 27 heavy (non-hydrogen) atoms. The average molecular weight is 413 g/mol. The van der Waals surface area contributed by atoms with E-state index in [0.717, 1.165) is 30.7 Å². The molecule has 0 saturated heterocycles. The molecule has 0 aromatic carbocycles. The number of carbonyl (C=O) groups is 1. The minimum Gasteiger partial charge on any atom is -0.298 e. The van der Waals surface area contributed by atoms with Crippen LogP contribution in [-0.2, 0) is 11.0 Å². The lowest BCUT2D eigenvalue weighted by Crippen LogP contribution is -2.35. The van der Waals surface area contributed by atoms with Gasteiger partial charge in [-0.25, -0.2) is 9.97 Å². The van der Waals surface area contributed by atoms with Crippen molar-refractivity contribution in [2.75, 3.05) is 0 Å². The van der Waals surface area contributed by atoms with Crippen molar-refractivity contribution in [1.29, 1.82) is 0 Å². The number of thiophene rings is 1. The summed E-state index contributed by atoms with van der Waals surface area (Å²) in [7, 11) is 0. The molecule has 0 unspecified atom stereocenters. The van der Waals surface area contributed by atoms with Gasteiger partial charge in [-0.15, -0.1) is 11.3 Å². The summed E-state index contributed by atoms with van der Waals surface area (Å²) < 4.78 is 40.1. The van der Waals surface area contributed by atoms with Gasteiger partial charge in [0.15, 0.2) is 5.16 Å². The van der Waals surface area contributed by atoms with Crippen LogP contribution < -0.4 is 0 Å². The molecule has 0 N–H and O–H groups in total. The Morgan fingerprint density at radius 2 is 2.00 bits per heavy atom. The molecule has 3 nitrogen and oxygen atoms in total. The second-order valence-corrected chi connectivity index (χ2v) is 10.0. The molecule has 0 spiro atoms. The maximum atomic E-state index is 13.4.